The van der Waals surface area contributed by atoms with E-state index in [1.165, 1.54) is 12.5 Å². The van der Waals surface area contributed by atoms with Gasteiger partial charge in [-0.3, -0.25) is 4.79 Å². The molecule has 33 heavy (non-hydrogen) atoms. The zero-order chi connectivity index (χ0) is 24.2. The largest absolute Gasteiger partial charge is 0.485 e. The van der Waals surface area contributed by atoms with Crippen molar-refractivity contribution in [3.8, 4) is 5.75 Å². The van der Waals surface area contributed by atoms with Gasteiger partial charge in [0.25, 0.3) is 0 Å². The minimum atomic E-state index is -0.730. The van der Waals surface area contributed by atoms with Gasteiger partial charge in [0.2, 0.25) is 5.91 Å². The van der Waals surface area contributed by atoms with Crippen molar-refractivity contribution < 1.29 is 14.6 Å². The number of aryl methyl sites for hydroxylation is 1. The zero-order valence-corrected chi connectivity index (χ0v) is 20.8. The molecule has 1 heterocycles. The number of amides is 1. The number of aliphatic hydroxyl groups is 1. The smallest absolute Gasteiger partial charge is 0.217 e. The quantitative estimate of drug-likeness (QED) is 0.541. The summed E-state index contributed by atoms with van der Waals surface area (Å²) in [5.74, 6) is 0.763. The Labute approximate surface area is 198 Å². The monoisotopic (exact) mass is 453 g/mol. The number of rotatable bonds is 9. The van der Waals surface area contributed by atoms with Gasteiger partial charge in [-0.2, -0.15) is 0 Å². The first kappa shape index (κ1) is 25.1. The lowest BCUT2D eigenvalue weighted by Gasteiger charge is -2.40. The molecule has 6 nitrogen and oxygen atoms in total. The summed E-state index contributed by atoms with van der Waals surface area (Å²) in [5.41, 5.74) is 4.20. The van der Waals surface area contributed by atoms with E-state index in [1.807, 2.05) is 44.4 Å². The number of carbonyl (C=O) groups is 1. The van der Waals surface area contributed by atoms with E-state index in [-0.39, 0.29) is 23.6 Å². The number of nitrogens with zero attached hydrogens (tertiary/aromatic N) is 1. The van der Waals surface area contributed by atoms with Gasteiger partial charge >= 0.3 is 0 Å². The maximum atomic E-state index is 11.8. The number of aliphatic hydroxyl groups excluding tert-OH is 1. The maximum absolute atomic E-state index is 11.8. The van der Waals surface area contributed by atoms with E-state index in [1.54, 1.807) is 0 Å². The molecule has 1 aliphatic rings. The standard InChI is InChI=1S/C27H39N3O3/c1-7-19-13-21-23(16-27(3,4)33-26(21)24(15-19)30(5)6)28-17-25(32)22(29-18(2)31)14-20-11-9-8-10-12-20/h8-13,15,22-23,25,28,32H,7,14,16-17H2,1-6H3,(H,29,31)/t22-,23+,25-/m0/s1. The maximum Gasteiger partial charge on any atom is 0.217 e. The lowest BCUT2D eigenvalue weighted by Crippen LogP contribution is -2.49. The van der Waals surface area contributed by atoms with Crippen LogP contribution in [0.1, 0.15) is 56.8 Å². The fraction of sp³-hybridized carbons (Fsp3) is 0.519. The van der Waals surface area contributed by atoms with Crippen molar-refractivity contribution in [2.24, 2.45) is 0 Å². The number of benzene rings is 2. The number of hydrogen-bond acceptors (Lipinski definition) is 5. The Hall–Kier alpha value is -2.57. The van der Waals surface area contributed by atoms with Crippen LogP contribution in [0.5, 0.6) is 5.75 Å². The summed E-state index contributed by atoms with van der Waals surface area (Å²) in [6.07, 6.45) is 1.57. The average molecular weight is 454 g/mol. The van der Waals surface area contributed by atoms with Crippen LogP contribution in [0.15, 0.2) is 42.5 Å². The molecule has 0 unspecified atom stereocenters. The number of anilines is 1. The summed E-state index contributed by atoms with van der Waals surface area (Å²) in [5, 5.41) is 17.6. The lowest BCUT2D eigenvalue weighted by atomic mass is 9.87. The average Bonchev–Trinajstić information content (AvgIpc) is 2.75. The highest BCUT2D eigenvalue weighted by Gasteiger charge is 2.36. The molecular formula is C27H39N3O3. The van der Waals surface area contributed by atoms with Crippen molar-refractivity contribution in [3.05, 3.63) is 59.2 Å². The third-order valence-corrected chi connectivity index (χ3v) is 6.22. The minimum absolute atomic E-state index is 0.0401. The van der Waals surface area contributed by atoms with Gasteiger partial charge in [-0.25, -0.2) is 0 Å². The van der Waals surface area contributed by atoms with Gasteiger partial charge in [-0.1, -0.05) is 43.3 Å². The summed E-state index contributed by atoms with van der Waals surface area (Å²) in [4.78, 5) is 13.9. The second kappa shape index (κ2) is 10.6. The third-order valence-electron chi connectivity index (χ3n) is 6.22. The minimum Gasteiger partial charge on any atom is -0.485 e. The van der Waals surface area contributed by atoms with Crippen LogP contribution in [0.4, 0.5) is 5.69 Å². The van der Waals surface area contributed by atoms with Gasteiger partial charge in [0.05, 0.1) is 17.8 Å². The third kappa shape index (κ3) is 6.49. The van der Waals surface area contributed by atoms with Crippen molar-refractivity contribution in [1.29, 1.82) is 0 Å². The van der Waals surface area contributed by atoms with Gasteiger partial charge < -0.3 is 25.4 Å². The number of hydrogen-bond donors (Lipinski definition) is 3. The molecule has 0 bridgehead atoms. The van der Waals surface area contributed by atoms with Gasteiger partial charge in [0, 0.05) is 45.6 Å². The van der Waals surface area contributed by atoms with Crippen LogP contribution in [0.2, 0.25) is 0 Å². The van der Waals surface area contributed by atoms with Crippen molar-refractivity contribution in [1.82, 2.24) is 10.6 Å². The highest BCUT2D eigenvalue weighted by atomic mass is 16.5. The first-order chi connectivity index (χ1) is 15.6. The van der Waals surface area contributed by atoms with Crippen molar-refractivity contribution >= 4 is 11.6 Å². The van der Waals surface area contributed by atoms with Crippen LogP contribution in [0, 0.1) is 0 Å². The Morgan fingerprint density at radius 3 is 2.52 bits per heavy atom. The molecule has 0 fully saturated rings. The van der Waals surface area contributed by atoms with Crippen LogP contribution < -0.4 is 20.3 Å². The molecule has 0 radical (unpaired) electrons. The summed E-state index contributed by atoms with van der Waals surface area (Å²) in [7, 11) is 4.07. The molecule has 0 spiro atoms. The normalized spacial score (nSPS) is 18.6. The van der Waals surface area contributed by atoms with E-state index in [9.17, 15) is 9.90 Å². The number of fused-ring (bicyclic) bond motifs is 1. The first-order valence-corrected chi connectivity index (χ1v) is 11.8. The molecule has 3 N–H and O–H groups in total. The molecule has 0 saturated carbocycles. The van der Waals surface area contributed by atoms with Crippen molar-refractivity contribution in [2.75, 3.05) is 25.5 Å². The van der Waals surface area contributed by atoms with Crippen LogP contribution in [0.25, 0.3) is 0 Å². The molecule has 0 aromatic heterocycles. The van der Waals surface area contributed by atoms with E-state index >= 15 is 0 Å². The van der Waals surface area contributed by atoms with Crippen LogP contribution in [-0.2, 0) is 17.6 Å². The van der Waals surface area contributed by atoms with Crippen molar-refractivity contribution in [2.45, 2.75) is 70.7 Å². The molecule has 180 valence electrons. The summed E-state index contributed by atoms with van der Waals surface area (Å²) >= 11 is 0. The summed E-state index contributed by atoms with van der Waals surface area (Å²) in [6, 6.07) is 14.0. The Morgan fingerprint density at radius 1 is 1.21 bits per heavy atom. The molecule has 1 amide bonds. The number of ether oxygens (including phenoxy) is 1. The molecule has 1 aliphatic heterocycles. The highest BCUT2D eigenvalue weighted by molar-refractivity contribution is 5.73. The SMILES string of the molecule is CCc1cc2c(c(N(C)C)c1)OC(C)(C)C[C@H]2NC[C@H](O)[C@H](Cc1ccccc1)NC(C)=O. The molecule has 0 saturated heterocycles. The highest BCUT2D eigenvalue weighted by Crippen LogP contribution is 2.45. The van der Waals surface area contributed by atoms with Gasteiger partial charge in [0.1, 0.15) is 11.4 Å². The van der Waals surface area contributed by atoms with Crippen LogP contribution in [-0.4, -0.2) is 49.4 Å². The molecule has 2 aromatic rings. The fourth-order valence-corrected chi connectivity index (χ4v) is 4.52. The second-order valence-corrected chi connectivity index (χ2v) is 9.87. The molecule has 6 heteroatoms. The van der Waals surface area contributed by atoms with E-state index in [4.69, 9.17) is 4.74 Å². The summed E-state index contributed by atoms with van der Waals surface area (Å²) < 4.78 is 6.43. The lowest BCUT2D eigenvalue weighted by molar-refractivity contribution is -0.120. The van der Waals surface area contributed by atoms with Crippen LogP contribution in [0.3, 0.4) is 0 Å². The molecule has 3 rings (SSSR count). The number of carbonyl (C=O) groups excluding carboxylic acids is 1. The second-order valence-electron chi connectivity index (χ2n) is 9.87. The Morgan fingerprint density at radius 2 is 1.91 bits per heavy atom. The molecule has 3 atom stereocenters. The molecular weight excluding hydrogens is 414 g/mol. The van der Waals surface area contributed by atoms with E-state index in [0.717, 1.165) is 35.4 Å². The van der Waals surface area contributed by atoms with Gasteiger partial charge in [0.15, 0.2) is 0 Å². The Kier molecular flexibility index (Phi) is 8.03. The predicted molar refractivity (Wildman–Crippen MR) is 134 cm³/mol. The van der Waals surface area contributed by atoms with Crippen LogP contribution >= 0.6 is 0 Å². The van der Waals surface area contributed by atoms with E-state index in [0.29, 0.717) is 13.0 Å². The molecule has 2 aromatic carbocycles. The Bertz CT molecular complexity index is 943. The zero-order valence-electron chi connectivity index (χ0n) is 20.8. The summed E-state index contributed by atoms with van der Waals surface area (Å²) in [6.45, 7) is 8.21. The molecule has 0 aliphatic carbocycles. The van der Waals surface area contributed by atoms with E-state index in [2.05, 4.69) is 48.4 Å². The fourth-order valence-electron chi connectivity index (χ4n) is 4.52. The van der Waals surface area contributed by atoms with Gasteiger partial charge in [-0.05, 0) is 43.9 Å². The predicted octanol–water partition coefficient (Wildman–Crippen LogP) is 3.62. The number of nitrogens with one attached hydrogen (secondary N) is 2. The van der Waals surface area contributed by atoms with E-state index < -0.39 is 6.10 Å². The van der Waals surface area contributed by atoms with Crippen molar-refractivity contribution in [3.63, 3.8) is 0 Å². The Balaban J connectivity index is 1.82. The van der Waals surface area contributed by atoms with Gasteiger partial charge in [-0.15, -0.1) is 0 Å². The topological polar surface area (TPSA) is 73.8 Å². The first-order valence-electron chi connectivity index (χ1n) is 11.8.